The molecule has 36 heavy (non-hydrogen) atoms. The predicted molar refractivity (Wildman–Crippen MR) is 136 cm³/mol. The normalized spacial score (nSPS) is 12.3. The maximum atomic E-state index is 13.4. The van der Waals surface area contributed by atoms with Gasteiger partial charge in [0.15, 0.2) is 5.43 Å². The van der Waals surface area contributed by atoms with E-state index in [1.165, 1.54) is 0 Å². The summed E-state index contributed by atoms with van der Waals surface area (Å²) in [5, 5.41) is 12.2. The Kier molecular flexibility index (Phi) is 5.76. The van der Waals surface area contributed by atoms with E-state index < -0.39 is 5.76 Å². The van der Waals surface area contributed by atoms with E-state index in [2.05, 4.69) is 30.1 Å². The molecule has 0 aliphatic heterocycles. The van der Waals surface area contributed by atoms with Crippen LogP contribution in [-0.2, 0) is 7.05 Å². The lowest BCUT2D eigenvalue weighted by Gasteiger charge is -2.20. The maximum absolute atomic E-state index is 13.4. The largest absolute Gasteiger partial charge is 0.455 e. The van der Waals surface area contributed by atoms with Crippen molar-refractivity contribution in [2.24, 2.45) is 7.05 Å². The van der Waals surface area contributed by atoms with Crippen molar-refractivity contribution in [3.05, 3.63) is 78.8 Å². The molecule has 0 radical (unpaired) electrons. The third kappa shape index (κ3) is 3.99. The molecule has 0 saturated heterocycles. The van der Waals surface area contributed by atoms with Gasteiger partial charge >= 0.3 is 5.76 Å². The lowest BCUT2D eigenvalue weighted by molar-refractivity contribution is 0.388. The van der Waals surface area contributed by atoms with Crippen LogP contribution in [-0.4, -0.2) is 24.9 Å². The van der Waals surface area contributed by atoms with Crippen LogP contribution in [0.15, 0.2) is 49.0 Å². The molecule has 4 aromatic heterocycles. The van der Waals surface area contributed by atoms with E-state index in [1.54, 1.807) is 29.9 Å². The highest BCUT2D eigenvalue weighted by Crippen LogP contribution is 2.34. The Morgan fingerprint density at radius 1 is 1.17 bits per heavy atom. The number of hydrogen-bond acceptors (Lipinski definition) is 8. The molecule has 1 aromatic carbocycles. The first-order valence-electron chi connectivity index (χ1n) is 11.2. The van der Waals surface area contributed by atoms with E-state index in [9.17, 15) is 9.59 Å². The average molecular weight is 507 g/mol. The molecule has 0 bridgehead atoms. The average Bonchev–Trinajstić information content (AvgIpc) is 3.42. The van der Waals surface area contributed by atoms with Gasteiger partial charge in [-0.05, 0) is 51.5 Å². The number of nitrogens with one attached hydrogen (secondary N) is 2. The molecule has 184 valence electrons. The van der Waals surface area contributed by atoms with Crippen molar-refractivity contribution in [3.8, 4) is 22.8 Å². The van der Waals surface area contributed by atoms with E-state index in [-0.39, 0.29) is 22.4 Å². The summed E-state index contributed by atoms with van der Waals surface area (Å²) in [6, 6.07) is 6.83. The molecule has 1 atom stereocenters. The number of fused-ring (bicyclic) bond motifs is 1. The van der Waals surface area contributed by atoms with Gasteiger partial charge in [0.05, 0.1) is 28.9 Å². The highest BCUT2D eigenvalue weighted by molar-refractivity contribution is 6.29. The lowest BCUT2D eigenvalue weighted by atomic mass is 9.99. The molecular weight excluding hydrogens is 484 g/mol. The standard InChI is InChI=1S/C25H23ClN6O4/c1-11-8-15(13(3)28-18-6-7-19(26)29-20(18)24-30-25(34)36-31-24)23-16(9-11)21(33)12(2)22(35-23)17-10-27-32(5)14(17)4/h6-10,13,28H,1-5H3,(H,30,31,34)/t13-/m1/s1. The first kappa shape index (κ1) is 23.6. The molecule has 0 fully saturated rings. The van der Waals surface area contributed by atoms with Crippen LogP contribution in [0.1, 0.15) is 35.3 Å². The van der Waals surface area contributed by atoms with Gasteiger partial charge in [0, 0.05) is 23.9 Å². The summed E-state index contributed by atoms with van der Waals surface area (Å²) >= 11 is 6.10. The molecule has 4 heterocycles. The summed E-state index contributed by atoms with van der Waals surface area (Å²) in [4.78, 5) is 31.7. The lowest BCUT2D eigenvalue weighted by Crippen LogP contribution is -2.13. The Balaban J connectivity index is 1.66. The van der Waals surface area contributed by atoms with E-state index >= 15 is 0 Å². The summed E-state index contributed by atoms with van der Waals surface area (Å²) < 4.78 is 12.8. The van der Waals surface area contributed by atoms with Gasteiger partial charge in [-0.2, -0.15) is 5.10 Å². The van der Waals surface area contributed by atoms with Crippen molar-refractivity contribution in [1.29, 1.82) is 0 Å². The highest BCUT2D eigenvalue weighted by atomic mass is 35.5. The molecule has 0 spiro atoms. The number of rotatable bonds is 5. The third-order valence-electron chi connectivity index (χ3n) is 6.24. The van der Waals surface area contributed by atoms with Crippen LogP contribution in [0, 0.1) is 20.8 Å². The van der Waals surface area contributed by atoms with Crippen LogP contribution in [0.4, 0.5) is 5.69 Å². The Bertz CT molecular complexity index is 1750. The van der Waals surface area contributed by atoms with Crippen LogP contribution in [0.2, 0.25) is 5.15 Å². The second-order valence-electron chi connectivity index (χ2n) is 8.72. The molecule has 0 aliphatic rings. The predicted octanol–water partition coefficient (Wildman–Crippen LogP) is 4.68. The number of pyridine rings is 1. The number of halogens is 1. The summed E-state index contributed by atoms with van der Waals surface area (Å²) in [5.41, 5.74) is 5.13. The van der Waals surface area contributed by atoms with Crippen molar-refractivity contribution in [2.45, 2.75) is 33.7 Å². The molecule has 0 unspecified atom stereocenters. The van der Waals surface area contributed by atoms with Gasteiger partial charge in [0.25, 0.3) is 0 Å². The van der Waals surface area contributed by atoms with E-state index in [1.807, 2.05) is 40.0 Å². The second-order valence-corrected chi connectivity index (χ2v) is 9.11. The molecular formula is C25H23ClN6O4. The van der Waals surface area contributed by atoms with Gasteiger partial charge in [-0.15, -0.1) is 0 Å². The Hall–Kier alpha value is -4.18. The number of aryl methyl sites for hydroxylation is 2. The molecule has 0 saturated carbocycles. The third-order valence-corrected chi connectivity index (χ3v) is 6.45. The zero-order chi connectivity index (χ0) is 25.7. The number of nitrogens with zero attached hydrogens (tertiary/aromatic N) is 4. The van der Waals surface area contributed by atoms with Crippen LogP contribution in [0.3, 0.4) is 0 Å². The van der Waals surface area contributed by atoms with Crippen molar-refractivity contribution >= 4 is 28.3 Å². The van der Waals surface area contributed by atoms with Gasteiger partial charge in [-0.3, -0.25) is 19.0 Å². The van der Waals surface area contributed by atoms with Gasteiger partial charge in [-0.25, -0.2) is 9.78 Å². The van der Waals surface area contributed by atoms with Crippen LogP contribution in [0.5, 0.6) is 0 Å². The Labute approximate surface area is 209 Å². The van der Waals surface area contributed by atoms with Crippen LogP contribution < -0.4 is 16.5 Å². The van der Waals surface area contributed by atoms with Crippen molar-refractivity contribution < 1.29 is 8.94 Å². The van der Waals surface area contributed by atoms with Crippen molar-refractivity contribution in [1.82, 2.24) is 24.9 Å². The van der Waals surface area contributed by atoms with Gasteiger partial charge < -0.3 is 9.73 Å². The van der Waals surface area contributed by atoms with Crippen LogP contribution in [0.25, 0.3) is 33.8 Å². The first-order chi connectivity index (χ1) is 17.1. The van der Waals surface area contributed by atoms with Gasteiger partial charge in [0.1, 0.15) is 22.2 Å². The minimum absolute atomic E-state index is 0.0966. The Morgan fingerprint density at radius 3 is 2.61 bits per heavy atom. The van der Waals surface area contributed by atoms with Crippen molar-refractivity contribution in [2.75, 3.05) is 5.32 Å². The fourth-order valence-electron chi connectivity index (χ4n) is 4.24. The zero-order valence-electron chi connectivity index (χ0n) is 20.3. The van der Waals surface area contributed by atoms with E-state index in [0.717, 1.165) is 22.4 Å². The summed E-state index contributed by atoms with van der Waals surface area (Å²) in [6.45, 7) is 7.56. The topological polar surface area (TPSA) is 132 Å². The molecule has 0 amide bonds. The SMILES string of the molecule is Cc1cc([C@@H](C)Nc2ccc(Cl)nc2-c2noc(=O)[nH]2)c2oc(-c3cnn(C)c3C)c(C)c(=O)c2c1. The summed E-state index contributed by atoms with van der Waals surface area (Å²) in [6.07, 6.45) is 1.70. The molecule has 0 aliphatic carbocycles. The van der Waals surface area contributed by atoms with E-state index in [0.29, 0.717) is 33.7 Å². The number of aromatic nitrogens is 5. The molecule has 10 nitrogen and oxygen atoms in total. The number of hydrogen-bond donors (Lipinski definition) is 2. The smallest absolute Gasteiger partial charge is 0.439 e. The minimum atomic E-state index is -0.703. The summed E-state index contributed by atoms with van der Waals surface area (Å²) in [7, 11) is 1.84. The van der Waals surface area contributed by atoms with Gasteiger partial charge in [-0.1, -0.05) is 22.8 Å². The fourth-order valence-corrected chi connectivity index (χ4v) is 4.39. The molecule has 11 heteroatoms. The minimum Gasteiger partial charge on any atom is -0.455 e. The highest BCUT2D eigenvalue weighted by Gasteiger charge is 2.22. The van der Waals surface area contributed by atoms with Gasteiger partial charge in [0.2, 0.25) is 5.82 Å². The monoisotopic (exact) mass is 506 g/mol. The molecule has 2 N–H and O–H groups in total. The number of benzene rings is 1. The fraction of sp³-hybridized carbons (Fsp3) is 0.240. The second kappa shape index (κ2) is 8.80. The zero-order valence-corrected chi connectivity index (χ0v) is 21.0. The molecule has 5 rings (SSSR count). The number of anilines is 1. The maximum Gasteiger partial charge on any atom is 0.439 e. The molecule has 5 aromatic rings. The Morgan fingerprint density at radius 2 is 1.94 bits per heavy atom. The summed E-state index contributed by atoms with van der Waals surface area (Å²) in [5.74, 6) is -0.0713. The van der Waals surface area contributed by atoms with E-state index in [4.69, 9.17) is 16.0 Å². The number of H-pyrrole nitrogens is 1. The quantitative estimate of drug-likeness (QED) is 0.328. The first-order valence-corrected chi connectivity index (χ1v) is 11.6. The van der Waals surface area contributed by atoms with Crippen LogP contribution >= 0.6 is 11.6 Å². The number of aromatic amines is 1. The van der Waals surface area contributed by atoms with Crippen molar-refractivity contribution in [3.63, 3.8) is 0 Å².